The van der Waals surface area contributed by atoms with Crippen molar-refractivity contribution in [2.24, 2.45) is 0 Å². The lowest BCUT2D eigenvalue weighted by Crippen LogP contribution is -2.34. The molecule has 1 rings (SSSR count). The number of thiol groups is 1. The van der Waals surface area contributed by atoms with Crippen molar-refractivity contribution >= 4 is 17.9 Å². The van der Waals surface area contributed by atoms with Gasteiger partial charge in [-0.3, -0.25) is 4.79 Å². The van der Waals surface area contributed by atoms with E-state index in [-0.39, 0.29) is 10.7 Å². The van der Waals surface area contributed by atoms with Gasteiger partial charge in [0.15, 0.2) is 0 Å². The molecule has 1 aromatic rings. The maximum absolute atomic E-state index is 10.8. The van der Waals surface area contributed by atoms with E-state index in [1.807, 2.05) is 0 Å². The van der Waals surface area contributed by atoms with Crippen LogP contribution in [0.25, 0.3) is 0 Å². The molecule has 0 atom stereocenters. The van der Waals surface area contributed by atoms with Gasteiger partial charge in [0.2, 0.25) is 0 Å². The normalized spacial score (nSPS) is 11.3. The molecular weight excluding hydrogens is 218 g/mol. The minimum absolute atomic E-state index is 0.0726. The van der Waals surface area contributed by atoms with E-state index in [0.717, 1.165) is 0 Å². The van der Waals surface area contributed by atoms with Crippen LogP contribution >= 0.6 is 12.6 Å². The van der Waals surface area contributed by atoms with Gasteiger partial charge in [-0.1, -0.05) is 44.7 Å². The van der Waals surface area contributed by atoms with E-state index < -0.39 is 0 Å². The molecule has 0 heterocycles. The molecule has 0 aliphatic heterocycles. The van der Waals surface area contributed by atoms with E-state index in [4.69, 9.17) is 0 Å². The number of nitrogens with one attached hydrogen (secondary N) is 1. The number of hydrogen-bond acceptors (Lipinski definition) is 1. The fraction of sp³-hybridized carbons (Fsp3) is 0.462. The molecule has 0 aliphatic rings. The Morgan fingerprint density at radius 2 is 1.94 bits per heavy atom. The summed E-state index contributed by atoms with van der Waals surface area (Å²) in [4.78, 5) is 10.8. The Hall–Kier alpha value is -0.960. The van der Waals surface area contributed by atoms with Gasteiger partial charge >= 0.3 is 0 Å². The summed E-state index contributed by atoms with van der Waals surface area (Å²) in [5, 5.41) is 2.46. The van der Waals surface area contributed by atoms with Crippen LogP contribution in [0.15, 0.2) is 18.2 Å². The fourth-order valence-electron chi connectivity index (χ4n) is 1.56. The van der Waals surface area contributed by atoms with Gasteiger partial charge in [-0.15, -0.1) is 0 Å². The summed E-state index contributed by atoms with van der Waals surface area (Å²) in [5.41, 5.74) is 3.73. The monoisotopic (exact) mass is 237 g/mol. The van der Waals surface area contributed by atoms with Crippen LogP contribution in [0.3, 0.4) is 0 Å². The first-order valence-corrected chi connectivity index (χ1v) is 5.82. The predicted molar refractivity (Wildman–Crippen MR) is 71.3 cm³/mol. The quantitative estimate of drug-likeness (QED) is 0.777. The molecule has 0 fully saturated rings. The third kappa shape index (κ3) is 3.27. The van der Waals surface area contributed by atoms with E-state index in [1.165, 1.54) is 16.7 Å². The number of amides is 1. The predicted octanol–water partition coefficient (Wildman–Crippen LogP) is 3.22. The molecular formula is C13H19NOS. The molecule has 0 radical (unpaired) electrons. The van der Waals surface area contributed by atoms with Crippen molar-refractivity contribution in [3.63, 3.8) is 0 Å². The van der Waals surface area contributed by atoms with Crippen molar-refractivity contribution in [2.45, 2.75) is 33.1 Å². The second kappa shape index (κ2) is 4.91. The largest absolute Gasteiger partial charge is 0.346 e. The number of aryl methyl sites for hydroxylation is 2. The minimum Gasteiger partial charge on any atom is -0.346 e. The molecule has 0 unspecified atom stereocenters. The fourth-order valence-corrected chi connectivity index (χ4v) is 1.64. The van der Waals surface area contributed by atoms with Crippen LogP contribution in [-0.4, -0.2) is 11.8 Å². The van der Waals surface area contributed by atoms with Crippen LogP contribution in [0.1, 0.15) is 30.5 Å². The van der Waals surface area contributed by atoms with Gasteiger partial charge in [-0.05, 0) is 30.5 Å². The lowest BCUT2D eigenvalue weighted by atomic mass is 9.83. The second-order valence-electron chi connectivity index (χ2n) is 4.84. The van der Waals surface area contributed by atoms with Gasteiger partial charge in [0.25, 0.3) is 5.24 Å². The van der Waals surface area contributed by atoms with Crippen molar-refractivity contribution in [1.82, 2.24) is 5.32 Å². The average Bonchev–Trinajstić information content (AvgIpc) is 2.19. The summed E-state index contributed by atoms with van der Waals surface area (Å²) in [5.74, 6) is 0. The van der Waals surface area contributed by atoms with Crippen molar-refractivity contribution in [3.8, 4) is 0 Å². The Morgan fingerprint density at radius 3 is 2.44 bits per heavy atom. The summed E-state index contributed by atoms with van der Waals surface area (Å²) in [6, 6.07) is 6.42. The highest BCUT2D eigenvalue weighted by atomic mass is 32.1. The highest BCUT2D eigenvalue weighted by Crippen LogP contribution is 2.24. The molecule has 88 valence electrons. The van der Waals surface area contributed by atoms with Crippen molar-refractivity contribution in [1.29, 1.82) is 0 Å². The van der Waals surface area contributed by atoms with Gasteiger partial charge in [-0.25, -0.2) is 0 Å². The van der Waals surface area contributed by atoms with Crippen LogP contribution in [0.2, 0.25) is 0 Å². The van der Waals surface area contributed by atoms with Crippen LogP contribution < -0.4 is 5.32 Å². The van der Waals surface area contributed by atoms with Gasteiger partial charge < -0.3 is 5.32 Å². The van der Waals surface area contributed by atoms with Gasteiger partial charge in [-0.2, -0.15) is 0 Å². The number of rotatable bonds is 3. The van der Waals surface area contributed by atoms with E-state index >= 15 is 0 Å². The number of carbonyl (C=O) groups excluding carboxylic acids is 1. The number of benzene rings is 1. The molecule has 0 spiro atoms. The van der Waals surface area contributed by atoms with Crippen molar-refractivity contribution in [2.75, 3.05) is 6.54 Å². The lowest BCUT2D eigenvalue weighted by molar-refractivity contribution is 0.259. The average molecular weight is 237 g/mol. The molecule has 0 bridgehead atoms. The first-order chi connectivity index (χ1) is 7.33. The zero-order valence-electron chi connectivity index (χ0n) is 10.3. The smallest absolute Gasteiger partial charge is 0.276 e. The first kappa shape index (κ1) is 13.1. The lowest BCUT2D eigenvalue weighted by Gasteiger charge is -2.26. The summed E-state index contributed by atoms with van der Waals surface area (Å²) in [6.45, 7) is 9.02. The highest BCUT2D eigenvalue weighted by molar-refractivity contribution is 7.96. The first-order valence-electron chi connectivity index (χ1n) is 5.37. The zero-order valence-corrected chi connectivity index (χ0v) is 11.2. The Morgan fingerprint density at radius 1 is 1.31 bits per heavy atom. The summed E-state index contributed by atoms with van der Waals surface area (Å²) >= 11 is 3.71. The maximum Gasteiger partial charge on any atom is 0.276 e. The Balaban J connectivity index is 2.88. The zero-order chi connectivity index (χ0) is 12.3. The molecule has 1 amide bonds. The SMILES string of the molecule is Cc1ccc(C(C)(C)CNC(=O)S)cc1C. The molecule has 16 heavy (non-hydrogen) atoms. The summed E-state index contributed by atoms with van der Waals surface area (Å²) < 4.78 is 0. The highest BCUT2D eigenvalue weighted by Gasteiger charge is 2.21. The van der Waals surface area contributed by atoms with E-state index in [2.05, 4.69) is 63.8 Å². The van der Waals surface area contributed by atoms with Crippen LogP contribution in [0, 0.1) is 13.8 Å². The number of carbonyl (C=O) groups is 1. The number of hydrogen-bond donors (Lipinski definition) is 2. The summed E-state index contributed by atoms with van der Waals surface area (Å²) in [7, 11) is 0. The standard InChI is InChI=1S/C13H19NOS/c1-9-5-6-11(7-10(9)2)13(3,4)8-14-12(15)16/h5-7H,8H2,1-4H3,(H2,14,15,16). The van der Waals surface area contributed by atoms with E-state index in [9.17, 15) is 4.79 Å². The molecule has 1 aromatic carbocycles. The van der Waals surface area contributed by atoms with E-state index in [1.54, 1.807) is 0 Å². The Labute approximate surface area is 103 Å². The van der Waals surface area contributed by atoms with Crippen LogP contribution in [0.4, 0.5) is 4.79 Å². The van der Waals surface area contributed by atoms with Gasteiger partial charge in [0, 0.05) is 12.0 Å². The molecule has 3 heteroatoms. The second-order valence-corrected chi connectivity index (χ2v) is 5.25. The molecule has 1 N–H and O–H groups in total. The Kier molecular flexibility index (Phi) is 4.03. The van der Waals surface area contributed by atoms with Gasteiger partial charge in [0.1, 0.15) is 0 Å². The van der Waals surface area contributed by atoms with Gasteiger partial charge in [0.05, 0.1) is 0 Å². The minimum atomic E-state index is -0.281. The molecule has 0 saturated carbocycles. The van der Waals surface area contributed by atoms with Crippen LogP contribution in [-0.2, 0) is 5.41 Å². The third-order valence-corrected chi connectivity index (χ3v) is 3.13. The molecule has 2 nitrogen and oxygen atoms in total. The van der Waals surface area contributed by atoms with Crippen molar-refractivity contribution in [3.05, 3.63) is 34.9 Å². The topological polar surface area (TPSA) is 29.1 Å². The van der Waals surface area contributed by atoms with E-state index in [0.29, 0.717) is 6.54 Å². The molecule has 0 saturated heterocycles. The summed E-state index contributed by atoms with van der Waals surface area (Å²) in [6.07, 6.45) is 0. The van der Waals surface area contributed by atoms with Crippen LogP contribution in [0.5, 0.6) is 0 Å². The Bertz CT molecular complexity index is 399. The maximum atomic E-state index is 10.8. The molecule has 0 aliphatic carbocycles. The molecule has 0 aromatic heterocycles. The third-order valence-electron chi connectivity index (χ3n) is 2.97. The van der Waals surface area contributed by atoms with Crippen molar-refractivity contribution < 1.29 is 4.79 Å².